The Morgan fingerprint density at radius 1 is 1.25 bits per heavy atom. The predicted octanol–water partition coefficient (Wildman–Crippen LogP) is 2.33. The second kappa shape index (κ2) is 7.74. The normalized spacial score (nSPS) is 16.6. The second-order valence-corrected chi connectivity index (χ2v) is 5.47. The van der Waals surface area contributed by atoms with Crippen LogP contribution < -0.4 is 15.4 Å². The van der Waals surface area contributed by atoms with Gasteiger partial charge < -0.3 is 20.1 Å². The molecule has 1 saturated heterocycles. The van der Waals surface area contributed by atoms with Crippen LogP contribution in [0.15, 0.2) is 36.4 Å². The van der Waals surface area contributed by atoms with Gasteiger partial charge in [-0.1, -0.05) is 12.1 Å². The first-order chi connectivity index (χ1) is 11.8. The SMILES string of the molecule is COc1ccccc1C(=O)Nc1ccc(NCC2CCCO2)nn1. The zero-order valence-corrected chi connectivity index (χ0v) is 13.5. The smallest absolute Gasteiger partial charge is 0.260 e. The van der Waals surface area contributed by atoms with Crippen LogP contribution in [0.5, 0.6) is 5.75 Å². The summed E-state index contributed by atoms with van der Waals surface area (Å²) < 4.78 is 10.7. The number of rotatable bonds is 6. The molecule has 0 radical (unpaired) electrons. The van der Waals surface area contributed by atoms with E-state index in [1.807, 2.05) is 6.07 Å². The first-order valence-electron chi connectivity index (χ1n) is 7.90. The summed E-state index contributed by atoms with van der Waals surface area (Å²) in [6.07, 6.45) is 2.40. The number of para-hydroxylation sites is 1. The van der Waals surface area contributed by atoms with Gasteiger partial charge >= 0.3 is 0 Å². The van der Waals surface area contributed by atoms with Gasteiger partial charge in [0.25, 0.3) is 5.91 Å². The average Bonchev–Trinajstić information content (AvgIpc) is 3.14. The van der Waals surface area contributed by atoms with Gasteiger partial charge in [0.2, 0.25) is 0 Å². The number of carbonyl (C=O) groups excluding carboxylic acids is 1. The molecule has 24 heavy (non-hydrogen) atoms. The zero-order chi connectivity index (χ0) is 16.8. The summed E-state index contributed by atoms with van der Waals surface area (Å²) in [5, 5.41) is 14.0. The highest BCUT2D eigenvalue weighted by Gasteiger charge is 2.15. The van der Waals surface area contributed by atoms with Crippen LogP contribution in [0, 0.1) is 0 Å². The van der Waals surface area contributed by atoms with E-state index >= 15 is 0 Å². The quantitative estimate of drug-likeness (QED) is 0.846. The molecule has 0 aliphatic carbocycles. The zero-order valence-electron chi connectivity index (χ0n) is 13.5. The van der Waals surface area contributed by atoms with E-state index in [0.29, 0.717) is 29.5 Å². The van der Waals surface area contributed by atoms with Crippen molar-refractivity contribution < 1.29 is 14.3 Å². The van der Waals surface area contributed by atoms with Gasteiger partial charge in [-0.05, 0) is 37.1 Å². The fraction of sp³-hybridized carbons (Fsp3) is 0.353. The molecule has 2 heterocycles. The van der Waals surface area contributed by atoms with Crippen LogP contribution in [-0.2, 0) is 4.74 Å². The molecule has 2 aromatic rings. The lowest BCUT2D eigenvalue weighted by Gasteiger charge is -2.11. The molecule has 0 spiro atoms. The van der Waals surface area contributed by atoms with Crippen LogP contribution >= 0.6 is 0 Å². The minimum absolute atomic E-state index is 0.233. The topological polar surface area (TPSA) is 85.4 Å². The van der Waals surface area contributed by atoms with Gasteiger partial charge in [0, 0.05) is 13.2 Å². The highest BCUT2D eigenvalue weighted by atomic mass is 16.5. The Morgan fingerprint density at radius 3 is 2.75 bits per heavy atom. The molecule has 1 unspecified atom stereocenters. The molecular weight excluding hydrogens is 308 g/mol. The molecule has 2 N–H and O–H groups in total. The molecular formula is C17H20N4O3. The van der Waals surface area contributed by atoms with E-state index in [-0.39, 0.29) is 12.0 Å². The predicted molar refractivity (Wildman–Crippen MR) is 90.4 cm³/mol. The molecule has 126 valence electrons. The van der Waals surface area contributed by atoms with Crippen LogP contribution in [0.3, 0.4) is 0 Å². The highest BCUT2D eigenvalue weighted by molar-refractivity contribution is 6.05. The van der Waals surface area contributed by atoms with Gasteiger partial charge in [-0.3, -0.25) is 4.79 Å². The Morgan fingerprint density at radius 2 is 2.04 bits per heavy atom. The molecule has 3 rings (SSSR count). The molecule has 7 heteroatoms. The molecule has 1 atom stereocenters. The van der Waals surface area contributed by atoms with Crippen molar-refractivity contribution in [3.63, 3.8) is 0 Å². The number of methoxy groups -OCH3 is 1. The van der Waals surface area contributed by atoms with Gasteiger partial charge in [-0.25, -0.2) is 0 Å². The number of ether oxygens (including phenoxy) is 2. The van der Waals surface area contributed by atoms with Crippen molar-refractivity contribution in [3.05, 3.63) is 42.0 Å². The Balaban J connectivity index is 1.58. The summed E-state index contributed by atoms with van der Waals surface area (Å²) >= 11 is 0. The molecule has 1 aliphatic heterocycles. The van der Waals surface area contributed by atoms with Crippen LogP contribution in [0.4, 0.5) is 11.6 Å². The summed E-state index contributed by atoms with van der Waals surface area (Å²) in [5.74, 6) is 1.26. The van der Waals surface area contributed by atoms with Gasteiger partial charge in [-0.2, -0.15) is 0 Å². The lowest BCUT2D eigenvalue weighted by atomic mass is 10.2. The first-order valence-corrected chi connectivity index (χ1v) is 7.90. The fourth-order valence-corrected chi connectivity index (χ4v) is 2.53. The van der Waals surface area contributed by atoms with Crippen LogP contribution in [-0.4, -0.2) is 42.5 Å². The minimum Gasteiger partial charge on any atom is -0.496 e. The number of benzene rings is 1. The standard InChI is InChI=1S/C17H20N4O3/c1-23-14-7-3-2-6-13(14)17(22)19-16-9-8-15(20-21-16)18-11-12-5-4-10-24-12/h2-3,6-9,12H,4-5,10-11H2,1H3,(H,18,20)(H,19,21,22). The van der Waals surface area contributed by atoms with Crippen LogP contribution in [0.1, 0.15) is 23.2 Å². The van der Waals surface area contributed by atoms with E-state index in [9.17, 15) is 4.79 Å². The van der Waals surface area contributed by atoms with E-state index in [1.165, 1.54) is 7.11 Å². The summed E-state index contributed by atoms with van der Waals surface area (Å²) in [4.78, 5) is 12.3. The van der Waals surface area contributed by atoms with E-state index in [4.69, 9.17) is 9.47 Å². The average molecular weight is 328 g/mol. The van der Waals surface area contributed by atoms with Crippen molar-refractivity contribution in [2.24, 2.45) is 0 Å². The van der Waals surface area contributed by atoms with E-state index in [0.717, 1.165) is 19.4 Å². The Hall–Kier alpha value is -2.67. The van der Waals surface area contributed by atoms with E-state index < -0.39 is 0 Å². The summed E-state index contributed by atoms with van der Waals surface area (Å²) in [5.41, 5.74) is 0.447. The fourth-order valence-electron chi connectivity index (χ4n) is 2.53. The van der Waals surface area contributed by atoms with Crippen molar-refractivity contribution in [1.29, 1.82) is 0 Å². The number of nitrogens with zero attached hydrogens (tertiary/aromatic N) is 2. The Labute approximate surface area is 140 Å². The molecule has 1 aliphatic rings. The van der Waals surface area contributed by atoms with Gasteiger partial charge in [0.05, 0.1) is 18.8 Å². The molecule has 1 fully saturated rings. The second-order valence-electron chi connectivity index (χ2n) is 5.47. The maximum Gasteiger partial charge on any atom is 0.260 e. The number of anilines is 2. The van der Waals surface area contributed by atoms with E-state index in [2.05, 4.69) is 20.8 Å². The number of nitrogens with one attached hydrogen (secondary N) is 2. The number of carbonyl (C=O) groups is 1. The van der Waals surface area contributed by atoms with Gasteiger partial charge in [0.15, 0.2) is 5.82 Å². The van der Waals surface area contributed by atoms with Gasteiger partial charge in [-0.15, -0.1) is 10.2 Å². The van der Waals surface area contributed by atoms with Crippen molar-refractivity contribution in [3.8, 4) is 5.75 Å². The number of aromatic nitrogens is 2. The molecule has 1 amide bonds. The maximum atomic E-state index is 12.3. The van der Waals surface area contributed by atoms with Crippen LogP contribution in [0.25, 0.3) is 0 Å². The highest BCUT2D eigenvalue weighted by Crippen LogP contribution is 2.19. The third kappa shape index (κ3) is 3.99. The van der Waals surface area contributed by atoms with Crippen LogP contribution in [0.2, 0.25) is 0 Å². The number of amides is 1. The van der Waals surface area contributed by atoms with E-state index in [1.54, 1.807) is 30.3 Å². The van der Waals surface area contributed by atoms with Crippen molar-refractivity contribution in [1.82, 2.24) is 10.2 Å². The monoisotopic (exact) mass is 328 g/mol. The first kappa shape index (κ1) is 16.2. The van der Waals surface area contributed by atoms with Crippen molar-refractivity contribution in [2.75, 3.05) is 30.9 Å². The summed E-state index contributed by atoms with van der Waals surface area (Å²) in [7, 11) is 1.53. The number of hydrogen-bond acceptors (Lipinski definition) is 6. The van der Waals surface area contributed by atoms with Gasteiger partial charge in [0.1, 0.15) is 11.6 Å². The Bertz CT molecular complexity index is 684. The number of hydrogen-bond donors (Lipinski definition) is 2. The molecule has 7 nitrogen and oxygen atoms in total. The lowest BCUT2D eigenvalue weighted by molar-refractivity contribution is 0.102. The lowest BCUT2D eigenvalue weighted by Crippen LogP contribution is -2.19. The third-order valence-electron chi connectivity index (χ3n) is 3.79. The van der Waals surface area contributed by atoms with Crippen molar-refractivity contribution >= 4 is 17.5 Å². The molecule has 1 aromatic heterocycles. The molecule has 1 aromatic carbocycles. The largest absolute Gasteiger partial charge is 0.496 e. The maximum absolute atomic E-state index is 12.3. The summed E-state index contributed by atoms with van der Waals surface area (Å²) in [6, 6.07) is 10.5. The summed E-state index contributed by atoms with van der Waals surface area (Å²) in [6.45, 7) is 1.54. The Kier molecular flexibility index (Phi) is 5.22. The third-order valence-corrected chi connectivity index (χ3v) is 3.79. The minimum atomic E-state index is -0.290. The molecule has 0 saturated carbocycles. The molecule has 0 bridgehead atoms. The van der Waals surface area contributed by atoms with Crippen molar-refractivity contribution in [2.45, 2.75) is 18.9 Å².